The SMILES string of the molecule is Cl.NCCc1ccc(-c2cnn(CCNC(=O)OCc3ccccc3)c2)cc1. The first kappa shape index (κ1) is 21.5. The molecular weight excluding hydrogens is 376 g/mol. The Bertz CT molecular complexity index is 850. The Labute approximate surface area is 171 Å². The van der Waals surface area contributed by atoms with E-state index < -0.39 is 6.09 Å². The van der Waals surface area contributed by atoms with Crippen molar-refractivity contribution in [2.24, 2.45) is 5.73 Å². The van der Waals surface area contributed by atoms with Crippen molar-refractivity contribution in [2.45, 2.75) is 19.6 Å². The standard InChI is InChI=1S/C21H24N4O2.ClH/c22-11-10-17-6-8-19(9-7-17)20-14-24-25(15-20)13-12-23-21(26)27-16-18-4-2-1-3-5-18;/h1-9,14-15H,10-13,16,22H2,(H,23,26);1H. The highest BCUT2D eigenvalue weighted by Gasteiger charge is 2.05. The fourth-order valence-electron chi connectivity index (χ4n) is 2.71. The third-order valence-corrected chi connectivity index (χ3v) is 4.18. The van der Waals surface area contributed by atoms with Crippen LogP contribution in [0.5, 0.6) is 0 Å². The summed E-state index contributed by atoms with van der Waals surface area (Å²) in [6.45, 7) is 1.94. The van der Waals surface area contributed by atoms with Crippen LogP contribution < -0.4 is 11.1 Å². The van der Waals surface area contributed by atoms with Crippen LogP contribution in [0.15, 0.2) is 67.0 Å². The number of benzene rings is 2. The summed E-state index contributed by atoms with van der Waals surface area (Å²) >= 11 is 0. The Balaban J connectivity index is 0.00000280. The summed E-state index contributed by atoms with van der Waals surface area (Å²) in [5.41, 5.74) is 9.92. The fraction of sp³-hybridized carbons (Fsp3) is 0.238. The number of halogens is 1. The van der Waals surface area contributed by atoms with Gasteiger partial charge in [0, 0.05) is 18.3 Å². The maximum absolute atomic E-state index is 11.7. The van der Waals surface area contributed by atoms with E-state index in [2.05, 4.69) is 34.7 Å². The van der Waals surface area contributed by atoms with E-state index >= 15 is 0 Å². The van der Waals surface area contributed by atoms with Gasteiger partial charge in [-0.3, -0.25) is 4.68 Å². The maximum Gasteiger partial charge on any atom is 0.407 e. The summed E-state index contributed by atoms with van der Waals surface area (Å²) in [6, 6.07) is 17.9. The number of hydrogen-bond acceptors (Lipinski definition) is 4. The quantitative estimate of drug-likeness (QED) is 0.607. The van der Waals surface area contributed by atoms with Crippen molar-refractivity contribution in [3.8, 4) is 11.1 Å². The Hall–Kier alpha value is -2.83. The molecule has 0 aliphatic carbocycles. The Morgan fingerprint density at radius 3 is 2.50 bits per heavy atom. The second-order valence-electron chi connectivity index (χ2n) is 6.22. The normalized spacial score (nSPS) is 10.2. The predicted molar refractivity (Wildman–Crippen MR) is 112 cm³/mol. The third-order valence-electron chi connectivity index (χ3n) is 4.18. The summed E-state index contributed by atoms with van der Waals surface area (Å²) in [5.74, 6) is 0. The number of ether oxygens (including phenoxy) is 1. The van der Waals surface area contributed by atoms with E-state index in [1.165, 1.54) is 5.56 Å². The molecule has 0 aliphatic rings. The zero-order valence-electron chi connectivity index (χ0n) is 15.6. The van der Waals surface area contributed by atoms with Gasteiger partial charge in [-0.05, 0) is 29.7 Å². The lowest BCUT2D eigenvalue weighted by molar-refractivity contribution is 0.139. The Morgan fingerprint density at radius 2 is 1.79 bits per heavy atom. The van der Waals surface area contributed by atoms with Gasteiger partial charge < -0.3 is 15.8 Å². The van der Waals surface area contributed by atoms with Crippen LogP contribution in [-0.2, 0) is 24.3 Å². The minimum absolute atomic E-state index is 0. The molecule has 2 aromatic carbocycles. The summed E-state index contributed by atoms with van der Waals surface area (Å²) in [4.78, 5) is 11.7. The molecule has 148 valence electrons. The van der Waals surface area contributed by atoms with Crippen molar-refractivity contribution in [1.82, 2.24) is 15.1 Å². The summed E-state index contributed by atoms with van der Waals surface area (Å²) < 4.78 is 6.99. The average molecular weight is 401 g/mol. The van der Waals surface area contributed by atoms with E-state index in [9.17, 15) is 4.79 Å². The van der Waals surface area contributed by atoms with E-state index in [0.29, 0.717) is 19.6 Å². The average Bonchev–Trinajstić information content (AvgIpc) is 3.17. The minimum Gasteiger partial charge on any atom is -0.445 e. The van der Waals surface area contributed by atoms with Gasteiger partial charge in [-0.2, -0.15) is 5.10 Å². The Morgan fingerprint density at radius 1 is 1.04 bits per heavy atom. The molecule has 3 rings (SSSR count). The number of aromatic nitrogens is 2. The molecule has 0 radical (unpaired) electrons. The van der Waals surface area contributed by atoms with Gasteiger partial charge in [0.25, 0.3) is 0 Å². The summed E-state index contributed by atoms with van der Waals surface area (Å²) in [5, 5.41) is 7.08. The van der Waals surface area contributed by atoms with Gasteiger partial charge in [0.05, 0.1) is 12.7 Å². The number of hydrogen-bond donors (Lipinski definition) is 2. The molecular formula is C21H25ClN4O2. The van der Waals surface area contributed by atoms with Crippen LogP contribution in [0.4, 0.5) is 4.79 Å². The first-order valence-electron chi connectivity index (χ1n) is 9.01. The molecule has 6 nitrogen and oxygen atoms in total. The molecule has 1 aromatic heterocycles. The number of rotatable bonds is 8. The van der Waals surface area contributed by atoms with Crippen LogP contribution >= 0.6 is 12.4 Å². The van der Waals surface area contributed by atoms with Crippen molar-refractivity contribution in [3.63, 3.8) is 0 Å². The summed E-state index contributed by atoms with van der Waals surface area (Å²) in [6.07, 6.45) is 4.24. The first-order valence-corrected chi connectivity index (χ1v) is 9.01. The van der Waals surface area contributed by atoms with Gasteiger partial charge >= 0.3 is 6.09 Å². The van der Waals surface area contributed by atoms with Crippen molar-refractivity contribution < 1.29 is 9.53 Å². The minimum atomic E-state index is -0.429. The van der Waals surface area contributed by atoms with E-state index in [0.717, 1.165) is 23.1 Å². The number of alkyl carbamates (subject to hydrolysis) is 1. The number of amides is 1. The van der Waals surface area contributed by atoms with Gasteiger partial charge in [0.2, 0.25) is 0 Å². The molecule has 7 heteroatoms. The topological polar surface area (TPSA) is 82.2 Å². The lowest BCUT2D eigenvalue weighted by Crippen LogP contribution is -2.27. The maximum atomic E-state index is 11.7. The van der Waals surface area contributed by atoms with Crippen LogP contribution in [0, 0.1) is 0 Å². The largest absolute Gasteiger partial charge is 0.445 e. The molecule has 3 aromatic rings. The molecule has 28 heavy (non-hydrogen) atoms. The highest BCUT2D eigenvalue weighted by Crippen LogP contribution is 2.19. The number of nitrogens with two attached hydrogens (primary N) is 1. The molecule has 0 spiro atoms. The predicted octanol–water partition coefficient (Wildman–Crippen LogP) is 3.40. The zero-order valence-corrected chi connectivity index (χ0v) is 16.4. The van der Waals surface area contributed by atoms with E-state index in [4.69, 9.17) is 10.5 Å². The lowest BCUT2D eigenvalue weighted by Gasteiger charge is -2.07. The van der Waals surface area contributed by atoms with Crippen molar-refractivity contribution in [1.29, 1.82) is 0 Å². The van der Waals surface area contributed by atoms with E-state index in [-0.39, 0.29) is 19.0 Å². The monoisotopic (exact) mass is 400 g/mol. The molecule has 0 bridgehead atoms. The van der Waals surface area contributed by atoms with E-state index in [1.807, 2.05) is 42.7 Å². The molecule has 0 fully saturated rings. The molecule has 0 aliphatic heterocycles. The molecule has 0 atom stereocenters. The van der Waals surface area contributed by atoms with Crippen LogP contribution in [0.3, 0.4) is 0 Å². The van der Waals surface area contributed by atoms with Gasteiger partial charge in [-0.15, -0.1) is 12.4 Å². The van der Waals surface area contributed by atoms with Crippen molar-refractivity contribution in [3.05, 3.63) is 78.1 Å². The second kappa shape index (κ2) is 11.1. The molecule has 1 amide bonds. The van der Waals surface area contributed by atoms with Crippen LogP contribution in [-0.4, -0.2) is 29.0 Å². The molecule has 0 unspecified atom stereocenters. The van der Waals surface area contributed by atoms with Gasteiger partial charge in [-0.25, -0.2) is 4.79 Å². The zero-order chi connectivity index (χ0) is 18.9. The number of carbonyl (C=O) groups is 1. The lowest BCUT2D eigenvalue weighted by atomic mass is 10.1. The highest BCUT2D eigenvalue weighted by atomic mass is 35.5. The molecule has 0 saturated heterocycles. The third kappa shape index (κ3) is 6.40. The van der Waals surface area contributed by atoms with Crippen LogP contribution in [0.25, 0.3) is 11.1 Å². The highest BCUT2D eigenvalue weighted by molar-refractivity contribution is 5.85. The van der Waals surface area contributed by atoms with Gasteiger partial charge in [0.15, 0.2) is 0 Å². The fourth-order valence-corrected chi connectivity index (χ4v) is 2.71. The summed E-state index contributed by atoms with van der Waals surface area (Å²) in [7, 11) is 0. The number of nitrogens with zero attached hydrogens (tertiary/aromatic N) is 2. The van der Waals surface area contributed by atoms with Gasteiger partial charge in [0.1, 0.15) is 6.61 Å². The smallest absolute Gasteiger partial charge is 0.407 e. The Kier molecular flexibility index (Phi) is 8.52. The number of nitrogens with one attached hydrogen (secondary N) is 1. The van der Waals surface area contributed by atoms with Crippen molar-refractivity contribution in [2.75, 3.05) is 13.1 Å². The van der Waals surface area contributed by atoms with Gasteiger partial charge in [-0.1, -0.05) is 54.6 Å². The van der Waals surface area contributed by atoms with Crippen LogP contribution in [0.1, 0.15) is 11.1 Å². The molecule has 3 N–H and O–H groups in total. The molecule has 1 heterocycles. The molecule has 0 saturated carbocycles. The van der Waals surface area contributed by atoms with Crippen LogP contribution in [0.2, 0.25) is 0 Å². The van der Waals surface area contributed by atoms with E-state index in [1.54, 1.807) is 4.68 Å². The number of carbonyl (C=O) groups excluding carboxylic acids is 1. The second-order valence-corrected chi connectivity index (χ2v) is 6.22. The van der Waals surface area contributed by atoms with Crippen molar-refractivity contribution >= 4 is 18.5 Å². The first-order chi connectivity index (χ1) is 13.2.